The summed E-state index contributed by atoms with van der Waals surface area (Å²) in [4.78, 5) is 31.1. The van der Waals surface area contributed by atoms with Crippen LogP contribution in [0.15, 0.2) is 36.5 Å². The second kappa shape index (κ2) is 10.7. The number of amides is 1. The van der Waals surface area contributed by atoms with Gasteiger partial charge in [0.05, 0.1) is 42.7 Å². The summed E-state index contributed by atoms with van der Waals surface area (Å²) in [6.07, 6.45) is 2.22. The zero-order chi connectivity index (χ0) is 24.9. The molecule has 184 valence electrons. The second-order valence-electron chi connectivity index (χ2n) is 9.89. The summed E-state index contributed by atoms with van der Waals surface area (Å²) >= 11 is 0. The minimum Gasteiger partial charge on any atom is -0.507 e. The Morgan fingerprint density at radius 2 is 2.06 bits per heavy atom. The summed E-state index contributed by atoms with van der Waals surface area (Å²) in [5.41, 5.74) is 1.19. The minimum atomic E-state index is -2.02. The van der Waals surface area contributed by atoms with E-state index in [1.165, 1.54) is 6.07 Å². The van der Waals surface area contributed by atoms with Gasteiger partial charge in [0.2, 0.25) is 0 Å². The van der Waals surface area contributed by atoms with Gasteiger partial charge in [-0.25, -0.2) is 0 Å². The van der Waals surface area contributed by atoms with Gasteiger partial charge in [0.15, 0.2) is 14.6 Å². The third-order valence-corrected chi connectivity index (χ3v) is 11.1. The number of ether oxygens (including phenoxy) is 2. The molecule has 2 aromatic rings. The van der Waals surface area contributed by atoms with Crippen molar-refractivity contribution in [3.05, 3.63) is 53.3 Å². The number of aromatic nitrogens is 1. The van der Waals surface area contributed by atoms with E-state index in [-0.39, 0.29) is 47.3 Å². The van der Waals surface area contributed by atoms with Crippen LogP contribution in [0.3, 0.4) is 0 Å². The third kappa shape index (κ3) is 5.83. The van der Waals surface area contributed by atoms with Gasteiger partial charge in [0.1, 0.15) is 18.1 Å². The van der Waals surface area contributed by atoms with E-state index < -0.39 is 8.32 Å². The Balaban J connectivity index is 1.76. The van der Waals surface area contributed by atoms with Crippen LogP contribution in [0.25, 0.3) is 0 Å². The smallest absolute Gasteiger partial charge is 0.256 e. The number of hydrogen-bond acceptors (Lipinski definition) is 7. The van der Waals surface area contributed by atoms with Crippen LogP contribution in [0, 0.1) is 0 Å². The average Bonchev–Trinajstić information content (AvgIpc) is 2.80. The molecule has 1 saturated heterocycles. The predicted octanol–water partition coefficient (Wildman–Crippen LogP) is 4.04. The molecule has 0 aliphatic carbocycles. The number of pyridine rings is 1. The Morgan fingerprint density at radius 3 is 2.76 bits per heavy atom. The number of aromatic hydroxyl groups is 1. The number of phenols is 1. The van der Waals surface area contributed by atoms with Gasteiger partial charge in [-0.1, -0.05) is 26.8 Å². The van der Waals surface area contributed by atoms with Crippen LogP contribution in [0.4, 0.5) is 0 Å². The number of hydrogen-bond donors (Lipinski definition) is 1. The lowest BCUT2D eigenvalue weighted by molar-refractivity contribution is -0.0152. The van der Waals surface area contributed by atoms with Gasteiger partial charge >= 0.3 is 0 Å². The fourth-order valence-corrected chi connectivity index (χ4v) is 4.32. The number of carbonyl (C=O) groups excluding carboxylic acids is 2. The van der Waals surface area contributed by atoms with E-state index >= 15 is 0 Å². The fourth-order valence-electron chi connectivity index (χ4n) is 3.39. The lowest BCUT2D eigenvalue weighted by Gasteiger charge is -2.37. The van der Waals surface area contributed by atoms with Crippen molar-refractivity contribution in [1.29, 1.82) is 0 Å². The highest BCUT2D eigenvalue weighted by molar-refractivity contribution is 6.74. The molecule has 1 fully saturated rings. The average molecular weight is 487 g/mol. The van der Waals surface area contributed by atoms with Gasteiger partial charge in [-0.2, -0.15) is 0 Å². The maximum atomic E-state index is 13.6. The van der Waals surface area contributed by atoms with Crippen molar-refractivity contribution < 1.29 is 28.6 Å². The molecule has 1 aromatic heterocycles. The monoisotopic (exact) mass is 486 g/mol. The molecule has 9 heteroatoms. The van der Waals surface area contributed by atoms with E-state index in [1.807, 2.05) is 0 Å². The Morgan fingerprint density at radius 1 is 1.29 bits per heavy atom. The number of benzene rings is 1. The van der Waals surface area contributed by atoms with E-state index in [0.717, 1.165) is 0 Å². The van der Waals surface area contributed by atoms with Crippen LogP contribution in [0.2, 0.25) is 18.1 Å². The molecule has 0 radical (unpaired) electrons. The maximum absolute atomic E-state index is 13.6. The molecular formula is C25H34N2O6Si. The molecule has 34 heavy (non-hydrogen) atoms. The second-order valence-corrected chi connectivity index (χ2v) is 14.7. The van der Waals surface area contributed by atoms with Crippen molar-refractivity contribution in [3.63, 3.8) is 0 Å². The van der Waals surface area contributed by atoms with Crippen molar-refractivity contribution in [1.82, 2.24) is 9.88 Å². The number of nitrogens with zero attached hydrogens (tertiary/aromatic N) is 2. The molecule has 1 aromatic carbocycles. The van der Waals surface area contributed by atoms with Crippen LogP contribution >= 0.6 is 0 Å². The number of phenolic OH excluding ortho intramolecular Hbond substituents is 1. The topological polar surface area (TPSA) is 98.2 Å². The highest BCUT2D eigenvalue weighted by Gasteiger charge is 2.38. The van der Waals surface area contributed by atoms with Crippen LogP contribution in [-0.4, -0.2) is 67.9 Å². The quantitative estimate of drug-likeness (QED) is 0.444. The van der Waals surface area contributed by atoms with Crippen molar-refractivity contribution in [3.8, 4) is 11.5 Å². The number of morpholine rings is 1. The van der Waals surface area contributed by atoms with Crippen LogP contribution in [0.5, 0.6) is 11.5 Å². The van der Waals surface area contributed by atoms with Crippen LogP contribution < -0.4 is 4.74 Å². The van der Waals surface area contributed by atoms with Crippen molar-refractivity contribution in [2.75, 3.05) is 26.4 Å². The first-order valence-corrected chi connectivity index (χ1v) is 14.3. The van der Waals surface area contributed by atoms with Crippen LogP contribution in [-0.2, 0) is 15.8 Å². The summed E-state index contributed by atoms with van der Waals surface area (Å²) in [7, 11) is -2.02. The zero-order valence-corrected chi connectivity index (χ0v) is 21.5. The summed E-state index contributed by atoms with van der Waals surface area (Å²) in [5.74, 6) is -0.0507. The lowest BCUT2D eigenvalue weighted by atomic mass is 10.1. The highest BCUT2D eigenvalue weighted by Crippen LogP contribution is 2.37. The molecule has 1 atom stereocenters. The van der Waals surface area contributed by atoms with Gasteiger partial charge < -0.3 is 23.9 Å². The first kappa shape index (κ1) is 25.9. The molecule has 3 rings (SSSR count). The van der Waals surface area contributed by atoms with Crippen molar-refractivity contribution in [2.24, 2.45) is 0 Å². The Kier molecular flexibility index (Phi) is 8.11. The third-order valence-electron chi connectivity index (χ3n) is 6.58. The van der Waals surface area contributed by atoms with Gasteiger partial charge in [-0.05, 0) is 42.4 Å². The number of carbonyl (C=O) groups is 2. The maximum Gasteiger partial charge on any atom is 0.256 e. The van der Waals surface area contributed by atoms with Gasteiger partial charge in [0.25, 0.3) is 5.91 Å². The molecule has 0 spiro atoms. The molecule has 1 amide bonds. The molecule has 2 heterocycles. The molecule has 0 bridgehead atoms. The molecule has 1 aliphatic rings. The largest absolute Gasteiger partial charge is 0.507 e. The molecule has 8 nitrogen and oxygen atoms in total. The van der Waals surface area contributed by atoms with Crippen molar-refractivity contribution >= 4 is 20.5 Å². The number of rotatable bonds is 8. The standard InChI is InChI=1S/C25H34N2O6Si/c1-25(2,3)34(4,5)33-17-21-19(8-7-11-26-21)24(30)27-12-13-31-15-18(27)16-32-23-10-6-9-22(29)20(23)14-28/h6-11,14,18,29H,12-13,15-17H2,1-5H3/t18-/m0/s1. The Labute approximate surface area is 202 Å². The first-order valence-electron chi connectivity index (χ1n) is 11.4. The van der Waals surface area contributed by atoms with E-state index in [9.17, 15) is 14.7 Å². The first-order chi connectivity index (χ1) is 16.0. The summed E-state index contributed by atoms with van der Waals surface area (Å²) in [5, 5.41) is 9.94. The lowest BCUT2D eigenvalue weighted by Crippen LogP contribution is -2.51. The minimum absolute atomic E-state index is 0.0465. The summed E-state index contributed by atoms with van der Waals surface area (Å²) in [6.45, 7) is 12.4. The van der Waals surface area contributed by atoms with E-state index in [1.54, 1.807) is 35.4 Å². The molecule has 0 saturated carbocycles. The van der Waals surface area contributed by atoms with Gasteiger partial charge in [-0.3, -0.25) is 14.6 Å². The normalized spacial score (nSPS) is 16.9. The molecular weight excluding hydrogens is 452 g/mol. The fraction of sp³-hybridized carbons (Fsp3) is 0.480. The van der Waals surface area contributed by atoms with Gasteiger partial charge in [-0.15, -0.1) is 0 Å². The SMILES string of the molecule is CC(C)(C)[Si](C)(C)OCc1ncccc1C(=O)N1CCOC[C@H]1COc1cccc(O)c1C=O. The van der Waals surface area contributed by atoms with Crippen molar-refractivity contribution in [2.45, 2.75) is 51.6 Å². The number of aldehydes is 1. The molecule has 0 unspecified atom stereocenters. The van der Waals surface area contributed by atoms with E-state index in [0.29, 0.717) is 37.3 Å². The Bertz CT molecular complexity index is 1020. The summed E-state index contributed by atoms with van der Waals surface area (Å²) < 4.78 is 17.8. The predicted molar refractivity (Wildman–Crippen MR) is 131 cm³/mol. The van der Waals surface area contributed by atoms with Crippen LogP contribution in [0.1, 0.15) is 47.2 Å². The highest BCUT2D eigenvalue weighted by atomic mass is 28.4. The Hall–Kier alpha value is -2.75. The van der Waals surface area contributed by atoms with Gasteiger partial charge in [0, 0.05) is 12.7 Å². The van der Waals surface area contributed by atoms with E-state index in [4.69, 9.17) is 13.9 Å². The molecule has 1 N–H and O–H groups in total. The van der Waals surface area contributed by atoms with E-state index in [2.05, 4.69) is 38.8 Å². The molecule has 1 aliphatic heterocycles. The zero-order valence-electron chi connectivity index (χ0n) is 20.5. The summed E-state index contributed by atoms with van der Waals surface area (Å²) in [6, 6.07) is 7.79.